The molecule has 0 aliphatic heterocycles. The summed E-state index contributed by atoms with van der Waals surface area (Å²) < 4.78 is 1.52. The van der Waals surface area contributed by atoms with E-state index in [2.05, 4.69) is 29.3 Å². The van der Waals surface area contributed by atoms with Crippen molar-refractivity contribution in [1.29, 1.82) is 0 Å². The molecular formula is C21H30N4O2. The monoisotopic (exact) mass is 370 g/mol. The maximum atomic E-state index is 12.5. The van der Waals surface area contributed by atoms with Crippen molar-refractivity contribution >= 4 is 16.8 Å². The van der Waals surface area contributed by atoms with Crippen molar-refractivity contribution < 1.29 is 4.79 Å². The summed E-state index contributed by atoms with van der Waals surface area (Å²) in [6.07, 6.45) is 9.04. The number of rotatable bonds is 6. The first-order chi connectivity index (χ1) is 13.0. The molecule has 6 heteroatoms. The number of benzene rings is 1. The van der Waals surface area contributed by atoms with Crippen LogP contribution in [0, 0.1) is 0 Å². The van der Waals surface area contributed by atoms with E-state index in [0.717, 1.165) is 12.8 Å². The fourth-order valence-electron chi connectivity index (χ4n) is 4.01. The molecule has 1 aliphatic carbocycles. The number of nitrogens with zero attached hydrogens (tertiary/aromatic N) is 3. The first-order valence-corrected chi connectivity index (χ1v) is 9.90. The Morgan fingerprint density at radius 1 is 1.19 bits per heavy atom. The van der Waals surface area contributed by atoms with E-state index in [-0.39, 0.29) is 23.4 Å². The molecule has 1 aliphatic rings. The van der Waals surface area contributed by atoms with E-state index in [4.69, 9.17) is 0 Å². The van der Waals surface area contributed by atoms with Crippen molar-refractivity contribution in [3.8, 4) is 0 Å². The van der Waals surface area contributed by atoms with E-state index in [9.17, 15) is 9.59 Å². The molecule has 1 amide bonds. The summed E-state index contributed by atoms with van der Waals surface area (Å²) in [5.41, 5.74) is 0.638. The molecule has 2 aromatic rings. The van der Waals surface area contributed by atoms with Gasteiger partial charge in [0.2, 0.25) is 5.91 Å². The first-order valence-electron chi connectivity index (χ1n) is 9.90. The van der Waals surface area contributed by atoms with Crippen LogP contribution in [0.2, 0.25) is 0 Å². The zero-order chi connectivity index (χ0) is 19.3. The lowest BCUT2D eigenvalue weighted by molar-refractivity contribution is -0.122. The van der Waals surface area contributed by atoms with Crippen LogP contribution < -0.4 is 10.9 Å². The van der Waals surface area contributed by atoms with Crippen LogP contribution in [-0.4, -0.2) is 46.5 Å². The van der Waals surface area contributed by atoms with E-state index in [1.54, 1.807) is 6.07 Å². The Bertz CT molecular complexity index is 835. The van der Waals surface area contributed by atoms with Gasteiger partial charge >= 0.3 is 0 Å². The Balaban J connectivity index is 1.59. The van der Waals surface area contributed by atoms with Crippen LogP contribution in [0.15, 0.2) is 35.4 Å². The van der Waals surface area contributed by atoms with Gasteiger partial charge in [0.1, 0.15) is 0 Å². The number of fused-ring (bicyclic) bond motifs is 1. The second-order valence-corrected chi connectivity index (χ2v) is 7.82. The molecule has 1 N–H and O–H groups in total. The summed E-state index contributed by atoms with van der Waals surface area (Å²) in [5, 5.41) is 3.70. The smallest absolute Gasteiger partial charge is 0.261 e. The average Bonchev–Trinajstić information content (AvgIpc) is 2.93. The number of aryl methyl sites for hydroxylation is 1. The predicted molar refractivity (Wildman–Crippen MR) is 108 cm³/mol. The SMILES string of the molecule is CN(C)C1(CNC(=O)CCn2cnc3ccccc3c2=O)CCCCCC1. The van der Waals surface area contributed by atoms with Gasteiger partial charge in [0.25, 0.3) is 5.56 Å². The maximum absolute atomic E-state index is 12.5. The Labute approximate surface area is 160 Å². The zero-order valence-corrected chi connectivity index (χ0v) is 16.4. The van der Waals surface area contributed by atoms with E-state index < -0.39 is 0 Å². The van der Waals surface area contributed by atoms with E-state index in [1.165, 1.54) is 36.6 Å². The lowest BCUT2D eigenvalue weighted by Crippen LogP contribution is -2.52. The van der Waals surface area contributed by atoms with Crippen LogP contribution in [-0.2, 0) is 11.3 Å². The second kappa shape index (κ2) is 8.65. The summed E-state index contributed by atoms with van der Waals surface area (Å²) >= 11 is 0. The van der Waals surface area contributed by atoms with Crippen molar-refractivity contribution in [2.24, 2.45) is 0 Å². The number of aromatic nitrogens is 2. The minimum Gasteiger partial charge on any atom is -0.354 e. The second-order valence-electron chi connectivity index (χ2n) is 7.82. The highest BCUT2D eigenvalue weighted by Gasteiger charge is 2.33. The van der Waals surface area contributed by atoms with E-state index in [0.29, 0.717) is 24.0 Å². The third-order valence-electron chi connectivity index (χ3n) is 5.91. The van der Waals surface area contributed by atoms with Gasteiger partial charge in [-0.2, -0.15) is 0 Å². The standard InChI is InChI=1S/C21H30N4O2/c1-24(2)21(12-7-3-4-8-13-21)15-22-19(26)11-14-25-16-23-18-10-6-5-9-17(18)20(25)27/h5-6,9-10,16H,3-4,7-8,11-15H2,1-2H3,(H,22,26). The van der Waals surface area contributed by atoms with Gasteiger partial charge < -0.3 is 10.2 Å². The topological polar surface area (TPSA) is 67.2 Å². The van der Waals surface area contributed by atoms with E-state index in [1.807, 2.05) is 18.2 Å². The number of likely N-dealkylation sites (N-methyl/N-ethyl adjacent to an activating group) is 1. The number of hydrogen-bond donors (Lipinski definition) is 1. The molecule has 0 radical (unpaired) electrons. The van der Waals surface area contributed by atoms with Gasteiger partial charge in [-0.15, -0.1) is 0 Å². The predicted octanol–water partition coefficient (Wildman–Crippen LogP) is 2.56. The normalized spacial score (nSPS) is 17.0. The molecule has 146 valence electrons. The lowest BCUT2D eigenvalue weighted by atomic mass is 9.88. The number of carbonyl (C=O) groups excluding carboxylic acids is 1. The van der Waals surface area contributed by atoms with Gasteiger partial charge in [-0.3, -0.25) is 14.2 Å². The highest BCUT2D eigenvalue weighted by Crippen LogP contribution is 2.30. The molecule has 1 heterocycles. The molecule has 3 rings (SSSR count). The molecule has 0 spiro atoms. The minimum atomic E-state index is -0.0954. The summed E-state index contributed by atoms with van der Waals surface area (Å²) in [6.45, 7) is 1.02. The minimum absolute atomic E-state index is 0.0134. The zero-order valence-electron chi connectivity index (χ0n) is 16.4. The molecule has 1 aromatic carbocycles. The number of para-hydroxylation sites is 1. The third kappa shape index (κ3) is 4.56. The molecule has 27 heavy (non-hydrogen) atoms. The van der Waals surface area contributed by atoms with Crippen LogP contribution in [0.4, 0.5) is 0 Å². The van der Waals surface area contributed by atoms with Gasteiger partial charge in [0, 0.05) is 25.0 Å². The first kappa shape index (κ1) is 19.5. The molecule has 0 saturated heterocycles. The fraction of sp³-hybridized carbons (Fsp3) is 0.571. The van der Waals surface area contributed by atoms with Crippen LogP contribution >= 0.6 is 0 Å². The summed E-state index contributed by atoms with van der Waals surface area (Å²) in [6, 6.07) is 7.28. The fourth-order valence-corrected chi connectivity index (χ4v) is 4.01. The van der Waals surface area contributed by atoms with Gasteiger partial charge in [0.15, 0.2) is 0 Å². The van der Waals surface area contributed by atoms with Crippen molar-refractivity contribution in [2.75, 3.05) is 20.6 Å². The highest BCUT2D eigenvalue weighted by molar-refractivity contribution is 5.77. The lowest BCUT2D eigenvalue weighted by Gasteiger charge is -2.39. The molecule has 0 unspecified atom stereocenters. The van der Waals surface area contributed by atoms with Crippen molar-refractivity contribution in [3.05, 3.63) is 40.9 Å². The van der Waals surface area contributed by atoms with Crippen LogP contribution in [0.3, 0.4) is 0 Å². The Kier molecular flexibility index (Phi) is 6.26. The third-order valence-corrected chi connectivity index (χ3v) is 5.91. The van der Waals surface area contributed by atoms with Gasteiger partial charge in [-0.1, -0.05) is 37.8 Å². The summed E-state index contributed by atoms with van der Waals surface area (Å²) in [7, 11) is 4.22. The molecule has 1 fully saturated rings. The van der Waals surface area contributed by atoms with Crippen molar-refractivity contribution in [3.63, 3.8) is 0 Å². The van der Waals surface area contributed by atoms with Crippen LogP contribution in [0.1, 0.15) is 44.9 Å². The summed E-state index contributed by atoms with van der Waals surface area (Å²) in [5.74, 6) is -0.0134. The van der Waals surface area contributed by atoms with Gasteiger partial charge in [-0.05, 0) is 39.1 Å². The van der Waals surface area contributed by atoms with Crippen molar-refractivity contribution in [1.82, 2.24) is 19.8 Å². The Hall–Kier alpha value is -2.21. The Morgan fingerprint density at radius 3 is 2.59 bits per heavy atom. The van der Waals surface area contributed by atoms with Crippen molar-refractivity contribution in [2.45, 2.75) is 57.0 Å². The Morgan fingerprint density at radius 2 is 1.89 bits per heavy atom. The number of amides is 1. The van der Waals surface area contributed by atoms with Gasteiger partial charge in [-0.25, -0.2) is 4.98 Å². The van der Waals surface area contributed by atoms with Gasteiger partial charge in [0.05, 0.1) is 17.2 Å². The van der Waals surface area contributed by atoms with Crippen LogP contribution in [0.25, 0.3) is 10.9 Å². The molecule has 1 aromatic heterocycles. The molecule has 0 bridgehead atoms. The molecular weight excluding hydrogens is 340 g/mol. The number of nitrogens with one attached hydrogen (secondary N) is 1. The molecule has 1 saturated carbocycles. The summed E-state index contributed by atoms with van der Waals surface area (Å²) in [4.78, 5) is 31.5. The molecule has 6 nitrogen and oxygen atoms in total. The number of hydrogen-bond acceptors (Lipinski definition) is 4. The van der Waals surface area contributed by atoms with Crippen LogP contribution in [0.5, 0.6) is 0 Å². The van der Waals surface area contributed by atoms with E-state index >= 15 is 0 Å². The highest BCUT2D eigenvalue weighted by atomic mass is 16.2. The largest absolute Gasteiger partial charge is 0.354 e. The quantitative estimate of drug-likeness (QED) is 0.794. The number of carbonyl (C=O) groups is 1. The average molecular weight is 370 g/mol. The molecule has 0 atom stereocenters. The maximum Gasteiger partial charge on any atom is 0.261 e.